The molecule has 0 radical (unpaired) electrons. The minimum absolute atomic E-state index is 0.0620. The van der Waals surface area contributed by atoms with E-state index in [0.29, 0.717) is 17.9 Å². The van der Waals surface area contributed by atoms with Crippen molar-refractivity contribution in [2.24, 2.45) is 0 Å². The Morgan fingerprint density at radius 2 is 1.77 bits per heavy atom. The lowest BCUT2D eigenvalue weighted by Crippen LogP contribution is -2.23. The van der Waals surface area contributed by atoms with Crippen LogP contribution >= 0.6 is 11.3 Å². The molecule has 2 aromatic carbocycles. The Morgan fingerprint density at radius 3 is 2.42 bits per heavy atom. The number of hydrogen-bond acceptors (Lipinski definition) is 4. The molecule has 1 N–H and O–H groups in total. The monoisotopic (exact) mass is 367 g/mol. The molecule has 0 saturated carbocycles. The third kappa shape index (κ3) is 4.24. The van der Waals surface area contributed by atoms with Gasteiger partial charge in [0.1, 0.15) is 11.5 Å². The van der Waals surface area contributed by atoms with Crippen molar-refractivity contribution in [3.8, 4) is 11.5 Å². The minimum Gasteiger partial charge on any atom is -0.497 e. The molecular formula is C21H21NO3S. The van der Waals surface area contributed by atoms with Crippen LogP contribution in [0.2, 0.25) is 0 Å². The molecule has 3 rings (SSSR count). The van der Waals surface area contributed by atoms with E-state index in [1.54, 1.807) is 25.6 Å². The van der Waals surface area contributed by atoms with E-state index in [2.05, 4.69) is 11.4 Å². The zero-order valence-electron chi connectivity index (χ0n) is 14.8. The second-order valence-corrected chi connectivity index (χ2v) is 6.83. The van der Waals surface area contributed by atoms with Gasteiger partial charge >= 0.3 is 0 Å². The van der Waals surface area contributed by atoms with Gasteiger partial charge in [-0.05, 0) is 47.7 Å². The Balaban J connectivity index is 1.87. The Bertz CT molecular complexity index is 844. The molecule has 1 atom stereocenters. The summed E-state index contributed by atoms with van der Waals surface area (Å²) in [5.74, 6) is 1.05. The summed E-state index contributed by atoms with van der Waals surface area (Å²) >= 11 is 1.66. The van der Waals surface area contributed by atoms with Gasteiger partial charge < -0.3 is 14.8 Å². The van der Waals surface area contributed by atoms with Gasteiger partial charge in [-0.2, -0.15) is 0 Å². The van der Waals surface area contributed by atoms with E-state index in [1.165, 1.54) is 4.88 Å². The summed E-state index contributed by atoms with van der Waals surface area (Å²) in [5.41, 5.74) is 1.62. The highest BCUT2D eigenvalue weighted by Crippen LogP contribution is 2.29. The van der Waals surface area contributed by atoms with Crippen molar-refractivity contribution in [3.05, 3.63) is 76.5 Å². The number of benzene rings is 2. The Labute approximate surface area is 157 Å². The zero-order chi connectivity index (χ0) is 18.4. The summed E-state index contributed by atoms with van der Waals surface area (Å²) in [6, 6.07) is 19.1. The molecule has 5 heteroatoms. The van der Waals surface area contributed by atoms with Gasteiger partial charge in [-0.3, -0.25) is 4.79 Å². The van der Waals surface area contributed by atoms with Crippen LogP contribution in [-0.4, -0.2) is 20.1 Å². The van der Waals surface area contributed by atoms with Crippen LogP contribution in [0.3, 0.4) is 0 Å². The Kier molecular flexibility index (Phi) is 5.92. The van der Waals surface area contributed by atoms with Crippen LogP contribution in [-0.2, 0) is 11.2 Å². The van der Waals surface area contributed by atoms with Crippen molar-refractivity contribution in [2.45, 2.75) is 12.3 Å². The van der Waals surface area contributed by atoms with Crippen molar-refractivity contribution in [1.29, 1.82) is 0 Å². The standard InChI is InChI=1S/C21H21NO3S/c1-24-16-11-9-15(10-12-16)18(14-17-6-5-13-26-17)21(23)22-19-7-3-4-8-20(19)25-2/h3-13,18H,14H2,1-2H3,(H,22,23). The molecule has 0 fully saturated rings. The highest BCUT2D eigenvalue weighted by molar-refractivity contribution is 7.09. The molecular weight excluding hydrogens is 346 g/mol. The third-order valence-corrected chi connectivity index (χ3v) is 5.08. The predicted octanol–water partition coefficient (Wildman–Crippen LogP) is 4.73. The lowest BCUT2D eigenvalue weighted by molar-refractivity contribution is -0.117. The second-order valence-electron chi connectivity index (χ2n) is 5.80. The number of para-hydroxylation sites is 2. The lowest BCUT2D eigenvalue weighted by atomic mass is 9.93. The number of amides is 1. The van der Waals surface area contributed by atoms with Crippen LogP contribution in [0.1, 0.15) is 16.4 Å². The maximum absolute atomic E-state index is 13.1. The van der Waals surface area contributed by atoms with Crippen LogP contribution < -0.4 is 14.8 Å². The third-order valence-electron chi connectivity index (χ3n) is 4.18. The fraction of sp³-hybridized carbons (Fsp3) is 0.190. The van der Waals surface area contributed by atoms with Crippen LogP contribution in [0.25, 0.3) is 0 Å². The summed E-state index contributed by atoms with van der Waals surface area (Å²) in [6.45, 7) is 0. The molecule has 134 valence electrons. The molecule has 1 aromatic heterocycles. The van der Waals surface area contributed by atoms with Crippen molar-refractivity contribution >= 4 is 22.9 Å². The van der Waals surface area contributed by atoms with E-state index < -0.39 is 0 Å². The molecule has 1 unspecified atom stereocenters. The number of nitrogens with one attached hydrogen (secondary N) is 1. The zero-order valence-corrected chi connectivity index (χ0v) is 15.6. The average molecular weight is 367 g/mol. The molecule has 0 saturated heterocycles. The first kappa shape index (κ1) is 18.0. The summed E-state index contributed by atoms with van der Waals surface area (Å²) < 4.78 is 10.6. The second kappa shape index (κ2) is 8.54. The molecule has 0 aliphatic heterocycles. The van der Waals surface area contributed by atoms with E-state index in [0.717, 1.165) is 11.3 Å². The molecule has 1 amide bonds. The smallest absolute Gasteiger partial charge is 0.232 e. The number of thiophene rings is 1. The molecule has 26 heavy (non-hydrogen) atoms. The van der Waals surface area contributed by atoms with E-state index in [4.69, 9.17) is 9.47 Å². The SMILES string of the molecule is COc1ccc(C(Cc2cccs2)C(=O)Nc2ccccc2OC)cc1. The molecule has 0 aliphatic carbocycles. The van der Waals surface area contributed by atoms with Gasteiger partial charge in [0, 0.05) is 4.88 Å². The number of anilines is 1. The normalized spacial score (nSPS) is 11.6. The van der Waals surface area contributed by atoms with Crippen LogP contribution in [0, 0.1) is 0 Å². The average Bonchev–Trinajstić information content (AvgIpc) is 3.20. The molecule has 0 spiro atoms. The molecule has 1 heterocycles. The maximum atomic E-state index is 13.1. The Morgan fingerprint density at radius 1 is 1.00 bits per heavy atom. The molecule has 3 aromatic rings. The number of methoxy groups -OCH3 is 2. The summed E-state index contributed by atoms with van der Waals surface area (Å²) in [6.07, 6.45) is 0.644. The first-order chi connectivity index (χ1) is 12.7. The quantitative estimate of drug-likeness (QED) is 0.657. The van der Waals surface area contributed by atoms with Crippen LogP contribution in [0.15, 0.2) is 66.0 Å². The van der Waals surface area contributed by atoms with Gasteiger partial charge in [0.25, 0.3) is 0 Å². The van der Waals surface area contributed by atoms with Gasteiger partial charge in [-0.15, -0.1) is 11.3 Å². The van der Waals surface area contributed by atoms with Crippen LogP contribution in [0.4, 0.5) is 5.69 Å². The van der Waals surface area contributed by atoms with Gasteiger partial charge in [-0.25, -0.2) is 0 Å². The van der Waals surface area contributed by atoms with E-state index in [1.807, 2.05) is 60.0 Å². The maximum Gasteiger partial charge on any atom is 0.232 e. The summed E-state index contributed by atoms with van der Waals surface area (Å²) in [4.78, 5) is 14.2. The van der Waals surface area contributed by atoms with Gasteiger partial charge in [0.15, 0.2) is 0 Å². The van der Waals surface area contributed by atoms with Crippen molar-refractivity contribution in [2.75, 3.05) is 19.5 Å². The van der Waals surface area contributed by atoms with Gasteiger partial charge in [0.2, 0.25) is 5.91 Å². The fourth-order valence-electron chi connectivity index (χ4n) is 2.80. The number of ether oxygens (including phenoxy) is 2. The van der Waals surface area contributed by atoms with E-state index in [9.17, 15) is 4.79 Å². The van der Waals surface area contributed by atoms with Crippen molar-refractivity contribution in [1.82, 2.24) is 0 Å². The predicted molar refractivity (Wildman–Crippen MR) is 105 cm³/mol. The summed E-state index contributed by atoms with van der Waals surface area (Å²) in [7, 11) is 3.23. The largest absolute Gasteiger partial charge is 0.497 e. The fourth-order valence-corrected chi connectivity index (χ4v) is 3.55. The minimum atomic E-state index is -0.301. The van der Waals surface area contributed by atoms with Gasteiger partial charge in [0.05, 0.1) is 25.8 Å². The summed E-state index contributed by atoms with van der Waals surface area (Å²) in [5, 5.41) is 5.04. The number of carbonyl (C=O) groups is 1. The van der Waals surface area contributed by atoms with Crippen LogP contribution in [0.5, 0.6) is 11.5 Å². The first-order valence-electron chi connectivity index (χ1n) is 8.31. The lowest BCUT2D eigenvalue weighted by Gasteiger charge is -2.18. The highest BCUT2D eigenvalue weighted by atomic mass is 32.1. The number of carbonyl (C=O) groups excluding carboxylic acids is 1. The van der Waals surface area contributed by atoms with Crippen molar-refractivity contribution in [3.63, 3.8) is 0 Å². The first-order valence-corrected chi connectivity index (χ1v) is 9.19. The highest BCUT2D eigenvalue weighted by Gasteiger charge is 2.23. The van der Waals surface area contributed by atoms with E-state index >= 15 is 0 Å². The van der Waals surface area contributed by atoms with Gasteiger partial charge in [-0.1, -0.05) is 30.3 Å². The molecule has 4 nitrogen and oxygen atoms in total. The number of hydrogen-bond donors (Lipinski definition) is 1. The molecule has 0 bridgehead atoms. The topological polar surface area (TPSA) is 47.6 Å². The number of rotatable bonds is 7. The van der Waals surface area contributed by atoms with Crippen molar-refractivity contribution < 1.29 is 14.3 Å². The Hall–Kier alpha value is -2.79. The molecule has 0 aliphatic rings. The van der Waals surface area contributed by atoms with E-state index in [-0.39, 0.29) is 11.8 Å².